The molecule has 0 radical (unpaired) electrons. The van der Waals surface area contributed by atoms with Crippen molar-refractivity contribution in [3.05, 3.63) is 17.7 Å². The Labute approximate surface area is 124 Å². The molecule has 1 aromatic heterocycles. The zero-order chi connectivity index (χ0) is 15.3. The van der Waals surface area contributed by atoms with Gasteiger partial charge in [-0.2, -0.15) is 0 Å². The van der Waals surface area contributed by atoms with Gasteiger partial charge in [0.15, 0.2) is 23.3 Å². The lowest BCUT2D eigenvalue weighted by atomic mass is 10.0. The Kier molecular flexibility index (Phi) is 5.33. The number of halogens is 2. The van der Waals surface area contributed by atoms with Crippen molar-refractivity contribution >= 4 is 11.6 Å². The molecule has 0 unspecified atom stereocenters. The Morgan fingerprint density at radius 2 is 1.90 bits per heavy atom. The van der Waals surface area contributed by atoms with Crippen LogP contribution in [0.2, 0.25) is 0 Å². The molecule has 2 N–H and O–H groups in total. The highest BCUT2D eigenvalue weighted by Gasteiger charge is 2.41. The molecule has 0 aliphatic heterocycles. The van der Waals surface area contributed by atoms with Crippen molar-refractivity contribution < 1.29 is 13.5 Å². The molecule has 1 aromatic rings. The van der Waals surface area contributed by atoms with Crippen LogP contribution in [-0.2, 0) is 4.74 Å². The zero-order valence-electron chi connectivity index (χ0n) is 12.6. The third-order valence-corrected chi connectivity index (χ3v) is 3.90. The quantitative estimate of drug-likeness (QED) is 0.733. The summed E-state index contributed by atoms with van der Waals surface area (Å²) in [5.74, 6) is -1.11. The van der Waals surface area contributed by atoms with Crippen molar-refractivity contribution in [2.24, 2.45) is 5.41 Å². The predicted octanol–water partition coefficient (Wildman–Crippen LogP) is 3.41. The third kappa shape index (κ3) is 4.27. The second-order valence-electron chi connectivity index (χ2n) is 5.67. The maximum absolute atomic E-state index is 13.8. The number of hydrogen-bond donors (Lipinski definition) is 2. The summed E-state index contributed by atoms with van der Waals surface area (Å²) in [6.45, 7) is 3.91. The van der Waals surface area contributed by atoms with Gasteiger partial charge in [-0.05, 0) is 31.1 Å². The minimum atomic E-state index is -0.660. The van der Waals surface area contributed by atoms with Gasteiger partial charge < -0.3 is 15.4 Å². The molecule has 2 rings (SSSR count). The summed E-state index contributed by atoms with van der Waals surface area (Å²) in [7, 11) is 1.68. The van der Waals surface area contributed by atoms with Gasteiger partial charge in [0.05, 0.1) is 0 Å². The first-order valence-electron chi connectivity index (χ1n) is 7.43. The van der Waals surface area contributed by atoms with Gasteiger partial charge in [-0.15, -0.1) is 0 Å². The molecule has 118 valence electrons. The van der Waals surface area contributed by atoms with Crippen molar-refractivity contribution in [3.63, 3.8) is 0 Å². The highest BCUT2D eigenvalue weighted by Crippen LogP contribution is 2.48. The highest BCUT2D eigenvalue weighted by atomic mass is 19.1. The van der Waals surface area contributed by atoms with Crippen molar-refractivity contribution in [2.75, 3.05) is 37.4 Å². The van der Waals surface area contributed by atoms with Crippen LogP contribution < -0.4 is 10.6 Å². The maximum Gasteiger partial charge on any atom is 0.168 e. The number of methoxy groups -OCH3 is 1. The summed E-state index contributed by atoms with van der Waals surface area (Å²) in [5, 5.41) is 5.88. The topological polar surface area (TPSA) is 46.2 Å². The van der Waals surface area contributed by atoms with Crippen LogP contribution in [0.25, 0.3) is 0 Å². The number of hydrogen-bond acceptors (Lipinski definition) is 4. The minimum absolute atomic E-state index is 0.0995. The van der Waals surface area contributed by atoms with Gasteiger partial charge >= 0.3 is 0 Å². The van der Waals surface area contributed by atoms with Crippen LogP contribution in [0.4, 0.5) is 20.4 Å². The number of aromatic nitrogens is 1. The largest absolute Gasteiger partial charge is 0.385 e. The Morgan fingerprint density at radius 3 is 2.48 bits per heavy atom. The normalized spacial score (nSPS) is 15.8. The lowest BCUT2D eigenvalue weighted by Crippen LogP contribution is -2.19. The van der Waals surface area contributed by atoms with Crippen LogP contribution in [0.15, 0.2) is 6.07 Å². The molecule has 1 saturated carbocycles. The summed E-state index contributed by atoms with van der Waals surface area (Å²) in [6.07, 6.45) is 4.00. The Morgan fingerprint density at radius 1 is 1.24 bits per heavy atom. The maximum atomic E-state index is 13.8. The summed E-state index contributed by atoms with van der Waals surface area (Å²) < 4.78 is 32.5. The van der Waals surface area contributed by atoms with Crippen LogP contribution in [0.1, 0.15) is 32.6 Å². The first-order chi connectivity index (χ1) is 10.1. The van der Waals surface area contributed by atoms with Crippen molar-refractivity contribution in [1.82, 2.24) is 4.98 Å². The van der Waals surface area contributed by atoms with Crippen molar-refractivity contribution in [3.8, 4) is 0 Å². The van der Waals surface area contributed by atoms with Crippen molar-refractivity contribution in [1.29, 1.82) is 0 Å². The lowest BCUT2D eigenvalue weighted by molar-refractivity contribution is 0.175. The van der Waals surface area contributed by atoms with E-state index in [1.54, 1.807) is 7.11 Å². The summed E-state index contributed by atoms with van der Waals surface area (Å²) in [6, 6.07) is 0.877. The van der Waals surface area contributed by atoms with Gasteiger partial charge in [0.2, 0.25) is 0 Å². The molecule has 0 bridgehead atoms. The molecule has 0 atom stereocenters. The molecule has 0 amide bonds. The SMILES string of the molecule is CCCNc1nc(NCC2(CCOC)CC2)c(F)cc1F. The van der Waals surface area contributed by atoms with Crippen molar-refractivity contribution in [2.45, 2.75) is 32.6 Å². The minimum Gasteiger partial charge on any atom is -0.385 e. The number of pyridine rings is 1. The smallest absolute Gasteiger partial charge is 0.168 e. The van der Waals surface area contributed by atoms with E-state index in [1.807, 2.05) is 6.92 Å². The van der Waals surface area contributed by atoms with Crippen LogP contribution in [0, 0.1) is 17.0 Å². The second-order valence-corrected chi connectivity index (χ2v) is 5.67. The van der Waals surface area contributed by atoms with E-state index in [1.165, 1.54) is 0 Å². The van der Waals surface area contributed by atoms with Crippen LogP contribution in [0.3, 0.4) is 0 Å². The Bertz CT molecular complexity index is 478. The molecule has 1 fully saturated rings. The first-order valence-corrected chi connectivity index (χ1v) is 7.43. The van der Waals surface area contributed by atoms with E-state index in [2.05, 4.69) is 15.6 Å². The molecule has 0 aromatic carbocycles. The van der Waals surface area contributed by atoms with E-state index in [4.69, 9.17) is 4.74 Å². The first kappa shape index (κ1) is 15.9. The van der Waals surface area contributed by atoms with E-state index in [0.717, 1.165) is 31.7 Å². The van der Waals surface area contributed by atoms with Crippen LogP contribution in [-0.4, -0.2) is 31.8 Å². The standard InChI is InChI=1S/C15H23F2N3O/c1-3-7-18-13-11(16)9-12(17)14(20-13)19-10-15(4-5-15)6-8-21-2/h9H,3-8,10H2,1-2H3,(H2,18,19,20). The molecule has 1 heterocycles. The molecular formula is C15H23F2N3O. The van der Waals surface area contributed by atoms with Gasteiger partial charge in [-0.1, -0.05) is 6.92 Å². The Hall–Kier alpha value is -1.43. The average Bonchev–Trinajstić information content (AvgIpc) is 3.24. The van der Waals surface area contributed by atoms with Crippen LogP contribution in [0.5, 0.6) is 0 Å². The summed E-state index contributed by atoms with van der Waals surface area (Å²) in [4.78, 5) is 4.02. The molecule has 0 spiro atoms. The Balaban J connectivity index is 1.99. The number of anilines is 2. The van der Waals surface area contributed by atoms with E-state index < -0.39 is 11.6 Å². The summed E-state index contributed by atoms with van der Waals surface area (Å²) >= 11 is 0. The number of rotatable bonds is 9. The van der Waals surface area contributed by atoms with Gasteiger partial charge in [-0.3, -0.25) is 0 Å². The fourth-order valence-electron chi connectivity index (χ4n) is 2.24. The molecule has 21 heavy (non-hydrogen) atoms. The zero-order valence-corrected chi connectivity index (χ0v) is 12.6. The molecule has 4 nitrogen and oxygen atoms in total. The number of nitrogens with one attached hydrogen (secondary N) is 2. The average molecular weight is 299 g/mol. The lowest BCUT2D eigenvalue weighted by Gasteiger charge is -2.17. The predicted molar refractivity (Wildman–Crippen MR) is 79.6 cm³/mol. The third-order valence-electron chi connectivity index (χ3n) is 3.90. The van der Waals surface area contributed by atoms with E-state index in [-0.39, 0.29) is 17.1 Å². The van der Waals surface area contributed by atoms with E-state index >= 15 is 0 Å². The molecular weight excluding hydrogens is 276 g/mol. The highest BCUT2D eigenvalue weighted by molar-refractivity contribution is 5.47. The number of nitrogens with zero attached hydrogens (tertiary/aromatic N) is 1. The molecule has 0 saturated heterocycles. The fourth-order valence-corrected chi connectivity index (χ4v) is 2.24. The summed E-state index contributed by atoms with van der Waals surface area (Å²) in [5.41, 5.74) is 0.176. The van der Waals surface area contributed by atoms with E-state index in [9.17, 15) is 8.78 Å². The van der Waals surface area contributed by atoms with Gasteiger partial charge in [0.1, 0.15) is 0 Å². The van der Waals surface area contributed by atoms with Gasteiger partial charge in [-0.25, -0.2) is 13.8 Å². The monoisotopic (exact) mass is 299 g/mol. The van der Waals surface area contributed by atoms with Gasteiger partial charge in [0.25, 0.3) is 0 Å². The molecule has 1 aliphatic rings. The van der Waals surface area contributed by atoms with Gasteiger partial charge in [0, 0.05) is 32.9 Å². The fraction of sp³-hybridized carbons (Fsp3) is 0.667. The van der Waals surface area contributed by atoms with Crippen LogP contribution >= 0.6 is 0 Å². The second kappa shape index (κ2) is 7.02. The van der Waals surface area contributed by atoms with E-state index in [0.29, 0.717) is 19.7 Å². The number of ether oxygens (including phenoxy) is 1. The molecule has 6 heteroatoms. The molecule has 1 aliphatic carbocycles.